The fraction of sp³-hybridized carbons (Fsp3) is 0.353. The highest BCUT2D eigenvalue weighted by atomic mass is 16.2. The molecule has 1 aromatic carbocycles. The molecule has 0 spiro atoms. The SMILES string of the molecule is C=C1c2cccc(C(C)C)c2C(=O)N1C1CCC(=O)NC1=O. The van der Waals surface area contributed by atoms with E-state index >= 15 is 0 Å². The van der Waals surface area contributed by atoms with Crippen LogP contribution in [-0.2, 0) is 9.59 Å². The van der Waals surface area contributed by atoms with E-state index in [4.69, 9.17) is 0 Å². The van der Waals surface area contributed by atoms with E-state index in [2.05, 4.69) is 11.9 Å². The average molecular weight is 298 g/mol. The Hall–Kier alpha value is -2.43. The molecular formula is C17H18N2O3. The van der Waals surface area contributed by atoms with Crippen LogP contribution in [0.2, 0.25) is 0 Å². The molecule has 1 N–H and O–H groups in total. The summed E-state index contributed by atoms with van der Waals surface area (Å²) in [6.07, 6.45) is 0.571. The van der Waals surface area contributed by atoms with E-state index in [1.54, 1.807) is 0 Å². The van der Waals surface area contributed by atoms with Gasteiger partial charge in [-0.15, -0.1) is 0 Å². The number of benzene rings is 1. The first kappa shape index (κ1) is 14.5. The first-order chi connectivity index (χ1) is 10.4. The Morgan fingerprint density at radius 2 is 2.00 bits per heavy atom. The molecule has 0 bridgehead atoms. The van der Waals surface area contributed by atoms with Gasteiger partial charge < -0.3 is 0 Å². The number of rotatable bonds is 2. The van der Waals surface area contributed by atoms with Gasteiger partial charge >= 0.3 is 0 Å². The number of amides is 3. The number of nitrogens with one attached hydrogen (secondary N) is 1. The van der Waals surface area contributed by atoms with Gasteiger partial charge in [0.1, 0.15) is 6.04 Å². The first-order valence-electron chi connectivity index (χ1n) is 7.41. The van der Waals surface area contributed by atoms with Crippen molar-refractivity contribution in [2.75, 3.05) is 0 Å². The molecular weight excluding hydrogens is 280 g/mol. The Kier molecular flexibility index (Phi) is 3.35. The summed E-state index contributed by atoms with van der Waals surface area (Å²) in [5, 5.41) is 2.30. The van der Waals surface area contributed by atoms with E-state index in [1.807, 2.05) is 32.0 Å². The average Bonchev–Trinajstić information content (AvgIpc) is 2.72. The third kappa shape index (κ3) is 2.04. The first-order valence-corrected chi connectivity index (χ1v) is 7.41. The van der Waals surface area contributed by atoms with Crippen molar-refractivity contribution in [3.05, 3.63) is 41.5 Å². The Morgan fingerprint density at radius 3 is 2.64 bits per heavy atom. The standard InChI is InChI=1S/C17H18N2O3/c1-9(2)11-5-4-6-12-10(3)19(17(22)15(11)12)13-7-8-14(20)18-16(13)21/h4-6,9,13H,3,7-8H2,1-2H3,(H,18,20,21). The number of fused-ring (bicyclic) bond motifs is 1. The van der Waals surface area contributed by atoms with Crippen molar-refractivity contribution < 1.29 is 14.4 Å². The lowest BCUT2D eigenvalue weighted by molar-refractivity contribution is -0.136. The molecule has 22 heavy (non-hydrogen) atoms. The Balaban J connectivity index is 2.02. The zero-order chi connectivity index (χ0) is 16.0. The van der Waals surface area contributed by atoms with Gasteiger partial charge in [0.25, 0.3) is 5.91 Å². The summed E-state index contributed by atoms with van der Waals surface area (Å²) in [4.78, 5) is 37.7. The molecule has 3 amide bonds. The fourth-order valence-corrected chi connectivity index (χ4v) is 3.16. The van der Waals surface area contributed by atoms with Gasteiger partial charge in [-0.05, 0) is 17.9 Å². The molecule has 1 unspecified atom stereocenters. The van der Waals surface area contributed by atoms with Gasteiger partial charge in [0, 0.05) is 17.7 Å². The van der Waals surface area contributed by atoms with Crippen LogP contribution in [0.5, 0.6) is 0 Å². The van der Waals surface area contributed by atoms with Crippen LogP contribution >= 0.6 is 0 Å². The van der Waals surface area contributed by atoms with E-state index < -0.39 is 11.9 Å². The molecule has 1 fully saturated rings. The van der Waals surface area contributed by atoms with Crippen molar-refractivity contribution >= 4 is 23.4 Å². The maximum absolute atomic E-state index is 12.9. The minimum atomic E-state index is -0.662. The number of nitrogens with zero attached hydrogens (tertiary/aromatic N) is 1. The van der Waals surface area contributed by atoms with E-state index in [0.717, 1.165) is 11.1 Å². The second-order valence-electron chi connectivity index (χ2n) is 6.01. The monoisotopic (exact) mass is 298 g/mol. The zero-order valence-corrected chi connectivity index (χ0v) is 12.7. The van der Waals surface area contributed by atoms with Gasteiger partial charge in [-0.1, -0.05) is 38.6 Å². The number of hydrogen-bond donors (Lipinski definition) is 1. The van der Waals surface area contributed by atoms with Gasteiger partial charge in [-0.3, -0.25) is 24.6 Å². The van der Waals surface area contributed by atoms with Crippen molar-refractivity contribution in [2.45, 2.75) is 38.6 Å². The zero-order valence-electron chi connectivity index (χ0n) is 12.7. The lowest BCUT2D eigenvalue weighted by atomic mass is 9.94. The van der Waals surface area contributed by atoms with Crippen molar-refractivity contribution in [3.63, 3.8) is 0 Å². The number of imide groups is 1. The van der Waals surface area contributed by atoms with Crippen LogP contribution < -0.4 is 5.32 Å². The number of carbonyl (C=O) groups is 3. The molecule has 1 saturated heterocycles. The summed E-state index contributed by atoms with van der Waals surface area (Å²) < 4.78 is 0. The highest BCUT2D eigenvalue weighted by Crippen LogP contribution is 2.38. The lowest BCUT2D eigenvalue weighted by Gasteiger charge is -2.30. The summed E-state index contributed by atoms with van der Waals surface area (Å²) in [6, 6.07) is 5.03. The number of piperidine rings is 1. The van der Waals surface area contributed by atoms with Crippen LogP contribution in [0.25, 0.3) is 5.70 Å². The maximum Gasteiger partial charge on any atom is 0.259 e. The van der Waals surface area contributed by atoms with Crippen molar-refractivity contribution in [1.82, 2.24) is 10.2 Å². The molecule has 2 aliphatic heterocycles. The highest BCUT2D eigenvalue weighted by Gasteiger charge is 2.42. The second kappa shape index (κ2) is 5.09. The predicted octanol–water partition coefficient (Wildman–Crippen LogP) is 2.04. The molecule has 1 aromatic rings. The van der Waals surface area contributed by atoms with Gasteiger partial charge in [0.2, 0.25) is 11.8 Å². The molecule has 3 rings (SSSR count). The summed E-state index contributed by atoms with van der Waals surface area (Å²) in [5.41, 5.74) is 2.91. The summed E-state index contributed by atoms with van der Waals surface area (Å²) >= 11 is 0. The van der Waals surface area contributed by atoms with Gasteiger partial charge in [0.05, 0.1) is 5.56 Å². The Bertz CT molecular complexity index is 706. The third-order valence-electron chi connectivity index (χ3n) is 4.27. The summed E-state index contributed by atoms with van der Waals surface area (Å²) in [7, 11) is 0. The molecule has 1 atom stereocenters. The van der Waals surface area contributed by atoms with Gasteiger partial charge in [0.15, 0.2) is 0 Å². The minimum absolute atomic E-state index is 0.196. The highest BCUT2D eigenvalue weighted by molar-refractivity contribution is 6.13. The molecule has 5 nitrogen and oxygen atoms in total. The predicted molar refractivity (Wildman–Crippen MR) is 81.9 cm³/mol. The molecule has 2 aliphatic rings. The molecule has 0 aromatic heterocycles. The maximum atomic E-state index is 12.9. The van der Waals surface area contributed by atoms with Gasteiger partial charge in [-0.2, -0.15) is 0 Å². The van der Waals surface area contributed by atoms with E-state index in [-0.39, 0.29) is 24.2 Å². The second-order valence-corrected chi connectivity index (χ2v) is 6.01. The Labute approximate surface area is 129 Å². The molecule has 2 heterocycles. The molecule has 0 radical (unpaired) electrons. The largest absolute Gasteiger partial charge is 0.296 e. The van der Waals surface area contributed by atoms with Crippen LogP contribution in [0.3, 0.4) is 0 Å². The van der Waals surface area contributed by atoms with Crippen LogP contribution in [0.15, 0.2) is 24.8 Å². The molecule has 0 aliphatic carbocycles. The van der Waals surface area contributed by atoms with Gasteiger partial charge in [-0.25, -0.2) is 0 Å². The van der Waals surface area contributed by atoms with E-state index in [9.17, 15) is 14.4 Å². The lowest BCUT2D eigenvalue weighted by Crippen LogP contribution is -2.52. The van der Waals surface area contributed by atoms with Crippen LogP contribution in [0.4, 0.5) is 0 Å². The summed E-state index contributed by atoms with van der Waals surface area (Å²) in [5.74, 6) is -0.712. The quantitative estimate of drug-likeness (QED) is 0.850. The normalized spacial score (nSPS) is 21.4. The smallest absolute Gasteiger partial charge is 0.259 e. The van der Waals surface area contributed by atoms with E-state index in [0.29, 0.717) is 17.7 Å². The molecule has 5 heteroatoms. The van der Waals surface area contributed by atoms with Crippen molar-refractivity contribution in [1.29, 1.82) is 0 Å². The molecule has 114 valence electrons. The minimum Gasteiger partial charge on any atom is -0.296 e. The molecule has 0 saturated carbocycles. The van der Waals surface area contributed by atoms with Crippen LogP contribution in [0.1, 0.15) is 54.1 Å². The van der Waals surface area contributed by atoms with Crippen LogP contribution in [-0.4, -0.2) is 28.7 Å². The van der Waals surface area contributed by atoms with Crippen molar-refractivity contribution in [3.8, 4) is 0 Å². The van der Waals surface area contributed by atoms with Crippen LogP contribution in [0, 0.1) is 0 Å². The topological polar surface area (TPSA) is 66.5 Å². The Morgan fingerprint density at radius 1 is 1.27 bits per heavy atom. The number of carbonyl (C=O) groups excluding carboxylic acids is 3. The number of hydrogen-bond acceptors (Lipinski definition) is 3. The fourth-order valence-electron chi connectivity index (χ4n) is 3.16. The van der Waals surface area contributed by atoms with E-state index in [1.165, 1.54) is 4.90 Å². The third-order valence-corrected chi connectivity index (χ3v) is 4.27. The van der Waals surface area contributed by atoms with Crippen molar-refractivity contribution in [2.24, 2.45) is 0 Å². The summed E-state index contributed by atoms with van der Waals surface area (Å²) in [6.45, 7) is 8.05.